The largest absolute Gasteiger partial charge is 0.492 e. The van der Waals surface area contributed by atoms with Crippen LogP contribution in [0.3, 0.4) is 0 Å². The predicted molar refractivity (Wildman–Crippen MR) is 126 cm³/mol. The van der Waals surface area contributed by atoms with Crippen molar-refractivity contribution in [2.45, 2.75) is 32.2 Å². The molecule has 0 aliphatic heterocycles. The van der Waals surface area contributed by atoms with Crippen molar-refractivity contribution in [3.8, 4) is 5.75 Å². The molecule has 0 aromatic heterocycles. The molecular formula is C25H28N2O4S. The number of carbonyl (C=O) groups is 1. The summed E-state index contributed by atoms with van der Waals surface area (Å²) >= 11 is 0. The van der Waals surface area contributed by atoms with E-state index in [1.165, 1.54) is 4.31 Å². The maximum Gasteiger partial charge on any atom is 0.243 e. The van der Waals surface area contributed by atoms with Crippen LogP contribution >= 0.6 is 0 Å². The van der Waals surface area contributed by atoms with Gasteiger partial charge in [0.1, 0.15) is 5.75 Å². The maximum absolute atomic E-state index is 13.4. The summed E-state index contributed by atoms with van der Waals surface area (Å²) in [7, 11) is -3.90. The van der Waals surface area contributed by atoms with Gasteiger partial charge in [0.2, 0.25) is 15.9 Å². The number of anilines is 1. The monoisotopic (exact) mass is 452 g/mol. The molecule has 0 bridgehead atoms. The van der Waals surface area contributed by atoms with Gasteiger partial charge in [-0.15, -0.1) is 0 Å². The number of ether oxygens (including phenoxy) is 1. The number of sulfonamides is 1. The normalized spacial score (nSPS) is 11.4. The lowest BCUT2D eigenvalue weighted by Gasteiger charge is -2.22. The number of para-hydroxylation sites is 2. The van der Waals surface area contributed by atoms with E-state index in [0.29, 0.717) is 18.0 Å². The SMILES string of the molecule is CCOc1ccccc1NC(=O)CN(Cc1cccc(C)c1)S(=O)(=O)c1ccc(C)cc1. The number of aryl methyl sites for hydroxylation is 2. The van der Waals surface area contributed by atoms with Crippen molar-refractivity contribution in [2.75, 3.05) is 18.5 Å². The molecular weight excluding hydrogens is 424 g/mol. The first kappa shape index (κ1) is 23.5. The lowest BCUT2D eigenvalue weighted by atomic mass is 10.1. The quantitative estimate of drug-likeness (QED) is 0.518. The molecule has 32 heavy (non-hydrogen) atoms. The van der Waals surface area contributed by atoms with Gasteiger partial charge in [-0.1, -0.05) is 59.7 Å². The van der Waals surface area contributed by atoms with Gasteiger partial charge >= 0.3 is 0 Å². The molecule has 1 amide bonds. The minimum atomic E-state index is -3.90. The molecule has 0 heterocycles. The van der Waals surface area contributed by atoms with E-state index < -0.39 is 15.9 Å². The van der Waals surface area contributed by atoms with Crippen LogP contribution in [0.5, 0.6) is 5.75 Å². The Morgan fingerprint density at radius 2 is 1.66 bits per heavy atom. The smallest absolute Gasteiger partial charge is 0.243 e. The van der Waals surface area contributed by atoms with Crippen molar-refractivity contribution >= 4 is 21.6 Å². The minimum absolute atomic E-state index is 0.0818. The van der Waals surface area contributed by atoms with Crippen molar-refractivity contribution in [1.82, 2.24) is 4.31 Å². The van der Waals surface area contributed by atoms with Gasteiger partial charge < -0.3 is 10.1 Å². The first-order valence-corrected chi connectivity index (χ1v) is 11.9. The van der Waals surface area contributed by atoms with Crippen LogP contribution in [0.4, 0.5) is 5.69 Å². The number of carbonyl (C=O) groups excluding carboxylic acids is 1. The first-order valence-electron chi connectivity index (χ1n) is 10.4. The number of nitrogens with one attached hydrogen (secondary N) is 1. The third-order valence-corrected chi connectivity index (χ3v) is 6.69. The van der Waals surface area contributed by atoms with Crippen molar-refractivity contribution in [3.05, 3.63) is 89.5 Å². The fraction of sp³-hybridized carbons (Fsp3) is 0.240. The molecule has 0 aliphatic rings. The zero-order valence-electron chi connectivity index (χ0n) is 18.5. The van der Waals surface area contributed by atoms with Crippen molar-refractivity contribution < 1.29 is 17.9 Å². The van der Waals surface area contributed by atoms with Crippen LogP contribution in [0.2, 0.25) is 0 Å². The number of amides is 1. The van der Waals surface area contributed by atoms with E-state index in [0.717, 1.165) is 16.7 Å². The summed E-state index contributed by atoms with van der Waals surface area (Å²) in [5.74, 6) is 0.0930. The summed E-state index contributed by atoms with van der Waals surface area (Å²) in [5.41, 5.74) is 3.29. The summed E-state index contributed by atoms with van der Waals surface area (Å²) < 4.78 is 33.6. The second-order valence-electron chi connectivity index (χ2n) is 7.55. The standard InChI is InChI=1S/C25H28N2O4S/c1-4-31-24-11-6-5-10-23(24)26-25(28)18-27(17-21-9-7-8-20(3)16-21)32(29,30)22-14-12-19(2)13-15-22/h5-16H,4,17-18H2,1-3H3,(H,26,28). The van der Waals surface area contributed by atoms with Gasteiger partial charge in [0.05, 0.1) is 23.7 Å². The van der Waals surface area contributed by atoms with Gasteiger partial charge in [-0.05, 0) is 50.6 Å². The highest BCUT2D eigenvalue weighted by Crippen LogP contribution is 2.24. The molecule has 3 aromatic rings. The summed E-state index contributed by atoms with van der Waals surface area (Å²) in [6.07, 6.45) is 0. The van der Waals surface area contributed by atoms with Crippen LogP contribution < -0.4 is 10.1 Å². The highest BCUT2D eigenvalue weighted by molar-refractivity contribution is 7.89. The second-order valence-corrected chi connectivity index (χ2v) is 9.49. The van der Waals surface area contributed by atoms with Crippen molar-refractivity contribution in [2.24, 2.45) is 0 Å². The van der Waals surface area contributed by atoms with Gasteiger partial charge in [0, 0.05) is 6.54 Å². The predicted octanol–water partition coefficient (Wildman–Crippen LogP) is 4.53. The first-order chi connectivity index (χ1) is 15.3. The van der Waals surface area contributed by atoms with Crippen LogP contribution in [0.1, 0.15) is 23.6 Å². The van der Waals surface area contributed by atoms with E-state index in [1.807, 2.05) is 51.1 Å². The topological polar surface area (TPSA) is 75.7 Å². The molecule has 3 rings (SSSR count). The molecule has 3 aromatic carbocycles. The Kier molecular flexibility index (Phi) is 7.66. The average molecular weight is 453 g/mol. The summed E-state index contributed by atoms with van der Waals surface area (Å²) in [5, 5.41) is 2.79. The zero-order chi connectivity index (χ0) is 23.1. The van der Waals surface area contributed by atoms with Crippen LogP contribution in [-0.2, 0) is 21.4 Å². The molecule has 0 fully saturated rings. The van der Waals surface area contributed by atoms with E-state index in [1.54, 1.807) is 42.5 Å². The number of benzene rings is 3. The van der Waals surface area contributed by atoms with Gasteiger partial charge in [-0.25, -0.2) is 8.42 Å². The van der Waals surface area contributed by atoms with Crippen LogP contribution in [-0.4, -0.2) is 31.8 Å². The van der Waals surface area contributed by atoms with Gasteiger partial charge in [0.15, 0.2) is 0 Å². The van der Waals surface area contributed by atoms with Crippen LogP contribution in [0.25, 0.3) is 0 Å². The Bertz CT molecular complexity index is 1170. The zero-order valence-corrected chi connectivity index (χ0v) is 19.4. The Morgan fingerprint density at radius 3 is 2.34 bits per heavy atom. The van der Waals surface area contributed by atoms with E-state index in [2.05, 4.69) is 5.32 Å². The molecule has 0 spiro atoms. The summed E-state index contributed by atoms with van der Waals surface area (Å²) in [6, 6.07) is 21.3. The molecule has 0 radical (unpaired) electrons. The Balaban J connectivity index is 1.88. The van der Waals surface area contributed by atoms with Crippen LogP contribution in [0.15, 0.2) is 77.7 Å². The lowest BCUT2D eigenvalue weighted by Crippen LogP contribution is -2.37. The molecule has 168 valence electrons. The third-order valence-electron chi connectivity index (χ3n) is 4.88. The Morgan fingerprint density at radius 1 is 0.938 bits per heavy atom. The molecule has 0 atom stereocenters. The molecule has 0 saturated carbocycles. The fourth-order valence-corrected chi connectivity index (χ4v) is 4.68. The molecule has 1 N–H and O–H groups in total. The summed E-state index contributed by atoms with van der Waals surface area (Å²) in [6.45, 7) is 5.90. The number of rotatable bonds is 9. The Labute approximate surface area is 189 Å². The summed E-state index contributed by atoms with van der Waals surface area (Å²) in [4.78, 5) is 13.0. The molecule has 7 heteroatoms. The second kappa shape index (κ2) is 10.4. The molecule has 6 nitrogen and oxygen atoms in total. The van der Waals surface area contributed by atoms with Crippen molar-refractivity contribution in [3.63, 3.8) is 0 Å². The Hall–Kier alpha value is -3.16. The van der Waals surface area contributed by atoms with E-state index in [9.17, 15) is 13.2 Å². The number of nitrogens with zero attached hydrogens (tertiary/aromatic N) is 1. The fourth-order valence-electron chi connectivity index (χ4n) is 3.30. The van der Waals surface area contributed by atoms with E-state index in [-0.39, 0.29) is 18.0 Å². The maximum atomic E-state index is 13.4. The number of hydrogen-bond acceptors (Lipinski definition) is 4. The van der Waals surface area contributed by atoms with E-state index >= 15 is 0 Å². The third kappa shape index (κ3) is 5.96. The van der Waals surface area contributed by atoms with E-state index in [4.69, 9.17) is 4.74 Å². The average Bonchev–Trinajstić information content (AvgIpc) is 2.75. The van der Waals surface area contributed by atoms with Gasteiger partial charge in [-0.3, -0.25) is 4.79 Å². The highest BCUT2D eigenvalue weighted by atomic mass is 32.2. The lowest BCUT2D eigenvalue weighted by molar-refractivity contribution is -0.116. The number of hydrogen-bond donors (Lipinski definition) is 1. The molecule has 0 aliphatic carbocycles. The minimum Gasteiger partial charge on any atom is -0.492 e. The van der Waals surface area contributed by atoms with Gasteiger partial charge in [-0.2, -0.15) is 4.31 Å². The highest BCUT2D eigenvalue weighted by Gasteiger charge is 2.27. The molecule has 0 saturated heterocycles. The molecule has 0 unspecified atom stereocenters. The van der Waals surface area contributed by atoms with Crippen LogP contribution in [0, 0.1) is 13.8 Å². The van der Waals surface area contributed by atoms with Gasteiger partial charge in [0.25, 0.3) is 0 Å². The van der Waals surface area contributed by atoms with Crippen molar-refractivity contribution in [1.29, 1.82) is 0 Å².